The van der Waals surface area contributed by atoms with Crippen molar-refractivity contribution in [3.8, 4) is 5.75 Å². The Hall–Kier alpha value is -2.23. The Balaban J connectivity index is 2.00. The third-order valence-corrected chi connectivity index (χ3v) is 2.45. The second-order valence-electron chi connectivity index (χ2n) is 3.70. The minimum absolute atomic E-state index is 0.202. The van der Waals surface area contributed by atoms with Crippen LogP contribution < -0.4 is 4.74 Å². The number of ether oxygens (including phenoxy) is 2. The third-order valence-electron chi connectivity index (χ3n) is 2.45. The summed E-state index contributed by atoms with van der Waals surface area (Å²) in [5.74, 6) is 0.380. The van der Waals surface area contributed by atoms with Gasteiger partial charge in [0.25, 0.3) is 0 Å². The maximum Gasteiger partial charge on any atom is 0.355 e. The number of benzene rings is 1. The molecule has 0 saturated heterocycles. The molecule has 1 aromatic heterocycles. The quantitative estimate of drug-likeness (QED) is 0.824. The van der Waals surface area contributed by atoms with Gasteiger partial charge in [0.15, 0.2) is 0 Å². The highest BCUT2D eigenvalue weighted by atomic mass is 16.5. The third kappa shape index (κ3) is 2.91. The summed E-state index contributed by atoms with van der Waals surface area (Å²) in [4.78, 5) is 14.5. The predicted molar refractivity (Wildman–Crippen MR) is 67.5 cm³/mol. The summed E-state index contributed by atoms with van der Waals surface area (Å²) in [6.07, 6.45) is 1.69. The highest BCUT2D eigenvalue weighted by molar-refractivity contribution is 5.87. The molecule has 4 nitrogen and oxygen atoms in total. The Bertz CT molecular complexity index is 506. The molecule has 4 heteroatoms. The van der Waals surface area contributed by atoms with Gasteiger partial charge in [0.2, 0.25) is 0 Å². The van der Waals surface area contributed by atoms with E-state index in [-0.39, 0.29) is 12.6 Å². The summed E-state index contributed by atoms with van der Waals surface area (Å²) >= 11 is 0. The van der Waals surface area contributed by atoms with E-state index < -0.39 is 0 Å². The van der Waals surface area contributed by atoms with Gasteiger partial charge in [-0.05, 0) is 25.1 Å². The fraction of sp³-hybridized carbons (Fsp3) is 0.214. The second kappa shape index (κ2) is 5.91. The lowest BCUT2D eigenvalue weighted by atomic mass is 10.2. The molecule has 0 spiro atoms. The average Bonchev–Trinajstić information content (AvgIpc) is 2.92. The maximum absolute atomic E-state index is 11.7. The van der Waals surface area contributed by atoms with Gasteiger partial charge in [-0.15, -0.1) is 0 Å². The van der Waals surface area contributed by atoms with E-state index >= 15 is 0 Å². The van der Waals surface area contributed by atoms with Crippen LogP contribution in [0.1, 0.15) is 23.0 Å². The molecule has 94 valence electrons. The fourth-order valence-corrected chi connectivity index (χ4v) is 1.60. The lowest BCUT2D eigenvalue weighted by Crippen LogP contribution is -2.06. The molecule has 18 heavy (non-hydrogen) atoms. The largest absolute Gasteiger partial charge is 0.493 e. The molecular formula is C14H15NO3. The number of rotatable bonds is 5. The predicted octanol–water partition coefficient (Wildman–Crippen LogP) is 2.77. The van der Waals surface area contributed by atoms with E-state index in [2.05, 4.69) is 4.98 Å². The van der Waals surface area contributed by atoms with E-state index in [1.165, 1.54) is 0 Å². The molecule has 0 bridgehead atoms. The molecule has 1 aromatic carbocycles. The first kappa shape index (κ1) is 12.2. The summed E-state index contributed by atoms with van der Waals surface area (Å²) in [6, 6.07) is 11.0. The van der Waals surface area contributed by atoms with Crippen LogP contribution in [0.5, 0.6) is 5.75 Å². The molecule has 0 aliphatic heterocycles. The molecule has 0 amide bonds. The Kier molecular flexibility index (Phi) is 4.02. The number of hydrogen-bond acceptors (Lipinski definition) is 3. The summed E-state index contributed by atoms with van der Waals surface area (Å²) in [5.41, 5.74) is 1.31. The second-order valence-corrected chi connectivity index (χ2v) is 3.70. The van der Waals surface area contributed by atoms with Crippen LogP contribution in [-0.4, -0.2) is 17.6 Å². The highest BCUT2D eigenvalue weighted by Gasteiger charge is 2.09. The molecule has 0 unspecified atom stereocenters. The Morgan fingerprint density at radius 3 is 2.78 bits per heavy atom. The topological polar surface area (TPSA) is 51.3 Å². The summed E-state index contributed by atoms with van der Waals surface area (Å²) < 4.78 is 10.7. The monoisotopic (exact) mass is 245 g/mol. The van der Waals surface area contributed by atoms with Gasteiger partial charge in [-0.25, -0.2) is 4.79 Å². The molecule has 1 heterocycles. The minimum atomic E-state index is -0.369. The van der Waals surface area contributed by atoms with Crippen molar-refractivity contribution < 1.29 is 14.3 Å². The molecule has 0 atom stereocenters. The number of H-pyrrole nitrogens is 1. The van der Waals surface area contributed by atoms with Gasteiger partial charge >= 0.3 is 5.97 Å². The molecule has 0 aliphatic carbocycles. The van der Waals surface area contributed by atoms with Crippen LogP contribution >= 0.6 is 0 Å². The van der Waals surface area contributed by atoms with Crippen LogP contribution in [0.2, 0.25) is 0 Å². The van der Waals surface area contributed by atoms with E-state index in [4.69, 9.17) is 9.47 Å². The molecule has 2 aromatic rings. The van der Waals surface area contributed by atoms with Gasteiger partial charge < -0.3 is 14.5 Å². The van der Waals surface area contributed by atoms with Crippen LogP contribution in [0, 0.1) is 0 Å². The SMILES string of the molecule is CCOc1ccccc1COC(=O)c1ccc[nH]1. The number of carbonyl (C=O) groups is 1. The number of carbonyl (C=O) groups excluding carboxylic acids is 1. The number of esters is 1. The van der Waals surface area contributed by atoms with E-state index in [1.54, 1.807) is 18.3 Å². The summed E-state index contributed by atoms with van der Waals surface area (Å²) in [5, 5.41) is 0. The van der Waals surface area contributed by atoms with Crippen molar-refractivity contribution in [1.29, 1.82) is 0 Å². The molecule has 0 fully saturated rings. The van der Waals surface area contributed by atoms with Crippen LogP contribution in [0.4, 0.5) is 0 Å². The first-order valence-corrected chi connectivity index (χ1v) is 5.82. The van der Waals surface area contributed by atoms with Gasteiger partial charge in [0, 0.05) is 11.8 Å². The van der Waals surface area contributed by atoms with Crippen molar-refractivity contribution in [3.63, 3.8) is 0 Å². The molecule has 0 radical (unpaired) electrons. The number of hydrogen-bond donors (Lipinski definition) is 1. The van der Waals surface area contributed by atoms with Gasteiger partial charge in [0.05, 0.1) is 6.61 Å². The minimum Gasteiger partial charge on any atom is -0.493 e. The Morgan fingerprint density at radius 1 is 1.22 bits per heavy atom. The van der Waals surface area contributed by atoms with E-state index in [0.29, 0.717) is 12.3 Å². The summed E-state index contributed by atoms with van der Waals surface area (Å²) in [7, 11) is 0. The molecule has 1 N–H and O–H groups in total. The number of nitrogens with one attached hydrogen (secondary N) is 1. The number of para-hydroxylation sites is 1. The van der Waals surface area contributed by atoms with Crippen LogP contribution in [0.3, 0.4) is 0 Å². The summed E-state index contributed by atoms with van der Waals surface area (Å²) in [6.45, 7) is 2.71. The average molecular weight is 245 g/mol. The van der Waals surface area contributed by atoms with Crippen molar-refractivity contribution in [3.05, 3.63) is 53.9 Å². The lowest BCUT2D eigenvalue weighted by Gasteiger charge is -2.10. The van der Waals surface area contributed by atoms with Gasteiger partial charge in [0.1, 0.15) is 18.1 Å². The lowest BCUT2D eigenvalue weighted by molar-refractivity contribution is 0.0463. The van der Waals surface area contributed by atoms with E-state index in [1.807, 2.05) is 31.2 Å². The van der Waals surface area contributed by atoms with Gasteiger partial charge in [-0.2, -0.15) is 0 Å². The Morgan fingerprint density at radius 2 is 2.06 bits per heavy atom. The Labute approximate surface area is 106 Å². The van der Waals surface area contributed by atoms with Crippen LogP contribution in [0.15, 0.2) is 42.6 Å². The van der Waals surface area contributed by atoms with Crippen molar-refractivity contribution >= 4 is 5.97 Å². The molecule has 0 aliphatic rings. The fourth-order valence-electron chi connectivity index (χ4n) is 1.60. The standard InChI is InChI=1S/C14H15NO3/c1-2-17-13-8-4-3-6-11(13)10-18-14(16)12-7-5-9-15-12/h3-9,15H,2,10H2,1H3. The van der Waals surface area contributed by atoms with Crippen molar-refractivity contribution in [2.24, 2.45) is 0 Å². The van der Waals surface area contributed by atoms with Crippen molar-refractivity contribution in [2.75, 3.05) is 6.61 Å². The number of aromatic nitrogens is 1. The van der Waals surface area contributed by atoms with Gasteiger partial charge in [-0.1, -0.05) is 18.2 Å². The highest BCUT2D eigenvalue weighted by Crippen LogP contribution is 2.19. The zero-order chi connectivity index (χ0) is 12.8. The van der Waals surface area contributed by atoms with Crippen molar-refractivity contribution in [1.82, 2.24) is 4.98 Å². The van der Waals surface area contributed by atoms with Crippen molar-refractivity contribution in [2.45, 2.75) is 13.5 Å². The molecule has 0 saturated carbocycles. The number of aromatic amines is 1. The molecular weight excluding hydrogens is 230 g/mol. The zero-order valence-electron chi connectivity index (χ0n) is 10.2. The normalized spacial score (nSPS) is 10.1. The molecule has 2 rings (SSSR count). The maximum atomic E-state index is 11.7. The smallest absolute Gasteiger partial charge is 0.355 e. The van der Waals surface area contributed by atoms with Crippen LogP contribution in [-0.2, 0) is 11.3 Å². The van der Waals surface area contributed by atoms with E-state index in [0.717, 1.165) is 11.3 Å². The van der Waals surface area contributed by atoms with Gasteiger partial charge in [-0.3, -0.25) is 0 Å². The first-order valence-electron chi connectivity index (χ1n) is 5.82. The first-order chi connectivity index (χ1) is 8.81. The zero-order valence-corrected chi connectivity index (χ0v) is 10.2. The van der Waals surface area contributed by atoms with Crippen LogP contribution in [0.25, 0.3) is 0 Å². The van der Waals surface area contributed by atoms with E-state index in [9.17, 15) is 4.79 Å².